The summed E-state index contributed by atoms with van der Waals surface area (Å²) < 4.78 is 38.7. The Morgan fingerprint density at radius 1 is 0.933 bits per heavy atom. The number of anilines is 1. The van der Waals surface area contributed by atoms with E-state index in [1.54, 1.807) is 24.3 Å². The van der Waals surface area contributed by atoms with Crippen molar-refractivity contribution in [2.45, 2.75) is 11.4 Å². The summed E-state index contributed by atoms with van der Waals surface area (Å²) in [5.41, 5.74) is 0.933. The Morgan fingerprint density at radius 2 is 1.60 bits per heavy atom. The average molecular weight is 428 g/mol. The van der Waals surface area contributed by atoms with E-state index < -0.39 is 14.9 Å². The third kappa shape index (κ3) is 4.36. The molecule has 0 atom stereocenters. The summed E-state index contributed by atoms with van der Waals surface area (Å²) in [7, 11) is -1.32. The van der Waals surface area contributed by atoms with Gasteiger partial charge in [-0.25, -0.2) is 8.42 Å². The Hall–Kier alpha value is -3.59. The fraction of sp³-hybridized carbons (Fsp3) is 0.143. The van der Waals surface area contributed by atoms with Crippen molar-refractivity contribution in [3.63, 3.8) is 0 Å². The maximum Gasteiger partial charge on any atom is 0.273 e. The van der Waals surface area contributed by atoms with Crippen LogP contribution in [-0.4, -0.2) is 27.6 Å². The molecule has 8 nitrogen and oxygen atoms in total. The van der Waals surface area contributed by atoms with Gasteiger partial charge in [0.25, 0.3) is 15.7 Å². The normalized spacial score (nSPS) is 11.0. The van der Waals surface area contributed by atoms with Crippen molar-refractivity contribution in [1.82, 2.24) is 0 Å². The molecule has 0 fully saturated rings. The Morgan fingerprint density at radius 3 is 2.17 bits per heavy atom. The molecule has 0 bridgehead atoms. The van der Waals surface area contributed by atoms with Gasteiger partial charge in [0.15, 0.2) is 0 Å². The van der Waals surface area contributed by atoms with Gasteiger partial charge >= 0.3 is 0 Å². The molecule has 0 amide bonds. The van der Waals surface area contributed by atoms with Gasteiger partial charge in [-0.2, -0.15) is 0 Å². The van der Waals surface area contributed by atoms with E-state index in [4.69, 9.17) is 9.47 Å². The standard InChI is InChI=1S/C21H20N2O6S/c1-28-19-11-8-17(9-12-19)22(15-16-6-4-3-5-7-16)30(26,27)21-13-10-18(23(24)25)14-20(21)29-2/h3-14H,15H2,1-2H3. The summed E-state index contributed by atoms with van der Waals surface area (Å²) in [6.07, 6.45) is 0. The summed E-state index contributed by atoms with van der Waals surface area (Å²) in [5, 5.41) is 11.1. The number of sulfonamides is 1. The van der Waals surface area contributed by atoms with Gasteiger partial charge in [-0.3, -0.25) is 14.4 Å². The smallest absolute Gasteiger partial charge is 0.273 e. The molecule has 0 aliphatic carbocycles. The van der Waals surface area contributed by atoms with Gasteiger partial charge < -0.3 is 9.47 Å². The van der Waals surface area contributed by atoms with Gasteiger partial charge in [-0.1, -0.05) is 30.3 Å². The van der Waals surface area contributed by atoms with Crippen molar-refractivity contribution < 1.29 is 22.8 Å². The summed E-state index contributed by atoms with van der Waals surface area (Å²) in [6, 6.07) is 19.1. The maximum atomic E-state index is 13.6. The first kappa shape index (κ1) is 21.1. The average Bonchev–Trinajstić information content (AvgIpc) is 2.77. The van der Waals surface area contributed by atoms with E-state index in [-0.39, 0.29) is 22.9 Å². The van der Waals surface area contributed by atoms with Gasteiger partial charge in [-0.15, -0.1) is 0 Å². The van der Waals surface area contributed by atoms with Gasteiger partial charge in [0.05, 0.1) is 37.4 Å². The van der Waals surface area contributed by atoms with Crippen molar-refractivity contribution in [2.75, 3.05) is 18.5 Å². The Labute approximate surface area is 174 Å². The summed E-state index contributed by atoms with van der Waals surface area (Å²) >= 11 is 0. The second-order valence-corrected chi connectivity index (χ2v) is 8.12. The van der Waals surface area contributed by atoms with Crippen LogP contribution >= 0.6 is 0 Å². The number of rotatable bonds is 8. The van der Waals surface area contributed by atoms with Crippen LogP contribution < -0.4 is 13.8 Å². The number of non-ortho nitro benzene ring substituents is 1. The third-order valence-electron chi connectivity index (χ3n) is 4.46. The third-order valence-corrected chi connectivity index (χ3v) is 6.27. The largest absolute Gasteiger partial charge is 0.497 e. The molecule has 3 rings (SSSR count). The van der Waals surface area contributed by atoms with Crippen LogP contribution in [0.25, 0.3) is 0 Å². The number of hydrogen-bond donors (Lipinski definition) is 0. The minimum Gasteiger partial charge on any atom is -0.497 e. The molecule has 156 valence electrons. The molecule has 0 aromatic heterocycles. The minimum absolute atomic E-state index is 0.0651. The Bertz CT molecular complexity index is 1130. The van der Waals surface area contributed by atoms with E-state index >= 15 is 0 Å². The van der Waals surface area contributed by atoms with Crippen LogP contribution in [0.1, 0.15) is 5.56 Å². The van der Waals surface area contributed by atoms with E-state index in [0.29, 0.717) is 11.4 Å². The van der Waals surface area contributed by atoms with Crippen LogP contribution in [0.4, 0.5) is 11.4 Å². The molecule has 0 N–H and O–H groups in total. The van der Waals surface area contributed by atoms with E-state index in [1.807, 2.05) is 30.3 Å². The highest BCUT2D eigenvalue weighted by molar-refractivity contribution is 7.92. The second kappa shape index (κ2) is 8.83. The summed E-state index contributed by atoms with van der Waals surface area (Å²) in [4.78, 5) is 10.3. The van der Waals surface area contributed by atoms with Crippen LogP contribution in [0.3, 0.4) is 0 Å². The SMILES string of the molecule is COc1ccc(N(Cc2ccccc2)S(=O)(=O)c2ccc([N+](=O)[O-])cc2OC)cc1. The van der Waals surface area contributed by atoms with E-state index in [2.05, 4.69) is 0 Å². The van der Waals surface area contributed by atoms with Gasteiger partial charge in [0, 0.05) is 6.07 Å². The first-order valence-corrected chi connectivity index (χ1v) is 10.3. The van der Waals surface area contributed by atoms with Crippen molar-refractivity contribution >= 4 is 21.4 Å². The number of nitrogens with zero attached hydrogens (tertiary/aromatic N) is 2. The number of nitro groups is 1. The van der Waals surface area contributed by atoms with Gasteiger partial charge in [-0.05, 0) is 35.9 Å². The second-order valence-electron chi connectivity index (χ2n) is 6.29. The molecular weight excluding hydrogens is 408 g/mol. The number of hydrogen-bond acceptors (Lipinski definition) is 6. The van der Waals surface area contributed by atoms with Crippen molar-refractivity contribution in [1.29, 1.82) is 0 Å². The summed E-state index contributed by atoms with van der Waals surface area (Å²) in [5.74, 6) is 0.486. The number of ether oxygens (including phenoxy) is 2. The lowest BCUT2D eigenvalue weighted by molar-refractivity contribution is -0.385. The van der Waals surface area contributed by atoms with Crippen molar-refractivity contribution in [3.8, 4) is 11.5 Å². The predicted octanol–water partition coefficient (Wildman–Crippen LogP) is 4.01. The first-order valence-electron chi connectivity index (χ1n) is 8.90. The zero-order chi connectivity index (χ0) is 21.7. The molecule has 0 unspecified atom stereocenters. The number of methoxy groups -OCH3 is 2. The molecule has 9 heteroatoms. The number of nitro benzene ring substituents is 1. The lowest BCUT2D eigenvalue weighted by Gasteiger charge is -2.25. The molecule has 0 radical (unpaired) electrons. The van der Waals surface area contributed by atoms with Gasteiger partial charge in [0.2, 0.25) is 0 Å². The zero-order valence-corrected chi connectivity index (χ0v) is 17.2. The first-order chi connectivity index (χ1) is 14.4. The quantitative estimate of drug-likeness (QED) is 0.397. The molecule has 0 saturated carbocycles. The molecule has 30 heavy (non-hydrogen) atoms. The highest BCUT2D eigenvalue weighted by atomic mass is 32.2. The van der Waals surface area contributed by atoms with Crippen molar-refractivity contribution in [2.24, 2.45) is 0 Å². The summed E-state index contributed by atoms with van der Waals surface area (Å²) in [6.45, 7) is 0.0651. The van der Waals surface area contributed by atoms with Crippen LogP contribution in [-0.2, 0) is 16.6 Å². The van der Waals surface area contributed by atoms with Crippen LogP contribution in [0, 0.1) is 10.1 Å². The fourth-order valence-electron chi connectivity index (χ4n) is 2.91. The molecule has 0 spiro atoms. The molecule has 0 aliphatic rings. The molecule has 0 heterocycles. The molecule has 0 aliphatic heterocycles. The lowest BCUT2D eigenvalue weighted by Crippen LogP contribution is -2.31. The fourth-order valence-corrected chi connectivity index (χ4v) is 4.51. The maximum absolute atomic E-state index is 13.6. The van der Waals surface area contributed by atoms with Crippen LogP contribution in [0.5, 0.6) is 11.5 Å². The Kier molecular flexibility index (Phi) is 6.22. The molecule has 3 aromatic rings. The highest BCUT2D eigenvalue weighted by Crippen LogP contribution is 2.34. The number of benzene rings is 3. The van der Waals surface area contributed by atoms with Gasteiger partial charge in [0.1, 0.15) is 16.4 Å². The van der Waals surface area contributed by atoms with E-state index in [0.717, 1.165) is 17.7 Å². The zero-order valence-electron chi connectivity index (χ0n) is 16.4. The minimum atomic E-state index is -4.11. The van der Waals surface area contributed by atoms with Crippen LogP contribution in [0.15, 0.2) is 77.7 Å². The highest BCUT2D eigenvalue weighted by Gasteiger charge is 2.29. The van der Waals surface area contributed by atoms with E-state index in [1.165, 1.54) is 24.6 Å². The van der Waals surface area contributed by atoms with E-state index in [9.17, 15) is 18.5 Å². The van der Waals surface area contributed by atoms with Crippen LogP contribution in [0.2, 0.25) is 0 Å². The molecular formula is C21H20N2O6S. The monoisotopic (exact) mass is 428 g/mol. The predicted molar refractivity (Wildman–Crippen MR) is 112 cm³/mol. The topological polar surface area (TPSA) is 99.0 Å². The Balaban J connectivity index is 2.12. The van der Waals surface area contributed by atoms with Crippen molar-refractivity contribution in [3.05, 3.63) is 88.5 Å². The molecule has 0 saturated heterocycles. The molecule has 3 aromatic carbocycles. The lowest BCUT2D eigenvalue weighted by atomic mass is 10.2.